The van der Waals surface area contributed by atoms with Crippen LogP contribution in [0.2, 0.25) is 0 Å². The van der Waals surface area contributed by atoms with Crippen molar-refractivity contribution in [3.63, 3.8) is 0 Å². The summed E-state index contributed by atoms with van der Waals surface area (Å²) in [6.07, 6.45) is -0.201. The van der Waals surface area contributed by atoms with Crippen LogP contribution in [-0.4, -0.2) is 57.6 Å². The number of aromatic nitrogens is 1. The van der Waals surface area contributed by atoms with Crippen LogP contribution in [0.1, 0.15) is 72.0 Å². The van der Waals surface area contributed by atoms with Gasteiger partial charge < -0.3 is 14.4 Å². The van der Waals surface area contributed by atoms with Crippen molar-refractivity contribution in [1.29, 1.82) is 0 Å². The molecule has 0 aromatic carbocycles. The van der Waals surface area contributed by atoms with Crippen LogP contribution in [-0.2, 0) is 16.0 Å². The quantitative estimate of drug-likeness (QED) is 0.400. The van der Waals surface area contributed by atoms with Crippen molar-refractivity contribution in [3.05, 3.63) is 27.2 Å². The van der Waals surface area contributed by atoms with Gasteiger partial charge in [0, 0.05) is 18.3 Å². The Hall–Kier alpha value is -2.42. The highest BCUT2D eigenvalue weighted by Gasteiger charge is 2.44. The van der Waals surface area contributed by atoms with E-state index in [0.717, 1.165) is 4.90 Å². The molecule has 0 radical (unpaired) electrons. The van der Waals surface area contributed by atoms with Gasteiger partial charge in [-0.15, -0.1) is 11.6 Å². The molecule has 1 aromatic rings. The molecule has 8 nitrogen and oxygen atoms in total. The molecule has 1 saturated carbocycles. The maximum absolute atomic E-state index is 13.7. The van der Waals surface area contributed by atoms with Gasteiger partial charge in [0.25, 0.3) is 17.4 Å². The molecule has 1 fully saturated rings. The number of methoxy groups -OCH3 is 1. The number of rotatable bonds is 6. The molecule has 3 unspecified atom stereocenters. The van der Waals surface area contributed by atoms with Gasteiger partial charge in [0.1, 0.15) is 11.7 Å². The summed E-state index contributed by atoms with van der Waals surface area (Å²) in [6.45, 7) is 3.42. The van der Waals surface area contributed by atoms with E-state index in [1.807, 2.05) is 0 Å². The van der Waals surface area contributed by atoms with Crippen molar-refractivity contribution in [2.24, 2.45) is 5.92 Å². The van der Waals surface area contributed by atoms with Crippen LogP contribution >= 0.6 is 11.6 Å². The number of amides is 2. The number of aromatic hydroxyl groups is 1. The zero-order chi connectivity index (χ0) is 23.0. The van der Waals surface area contributed by atoms with Gasteiger partial charge in [0.05, 0.1) is 24.5 Å². The third-order valence-electron chi connectivity index (χ3n) is 5.96. The lowest BCUT2D eigenvalue weighted by molar-refractivity contribution is -0.140. The number of hydrogen-bond acceptors (Lipinski definition) is 6. The van der Waals surface area contributed by atoms with Crippen molar-refractivity contribution in [2.45, 2.75) is 63.5 Å². The van der Waals surface area contributed by atoms with Gasteiger partial charge in [0.15, 0.2) is 5.75 Å². The maximum Gasteiger partial charge on any atom is 0.305 e. The van der Waals surface area contributed by atoms with Crippen LogP contribution in [0.25, 0.3) is 0 Å². The monoisotopic (exact) mass is 456 g/mol. The van der Waals surface area contributed by atoms with E-state index in [0.29, 0.717) is 12.8 Å². The zero-order valence-electron chi connectivity index (χ0n) is 17.7. The lowest BCUT2D eigenvalue weighted by Gasteiger charge is -2.30. The number of imide groups is 1. The molecule has 10 heteroatoms. The molecule has 1 aliphatic heterocycles. The number of hydrogen-bond donors (Lipinski definition) is 1. The first-order chi connectivity index (χ1) is 14.6. The minimum absolute atomic E-state index is 0.00766. The standard InChI is InChI=1S/C21H26ClFN2O6/c1-10(2)25-14(6-7-15(26)31-3)16-17(18(27)21(25)30)20(29)24(19(16)28)9-11-4-5-13(23)12(22)8-11/h10-13,27H,4-9H2,1-3H3. The first kappa shape index (κ1) is 23.2. The minimum atomic E-state index is -1.12. The van der Waals surface area contributed by atoms with E-state index < -0.39 is 46.7 Å². The normalized spacial score (nSPS) is 23.4. The molecular weight excluding hydrogens is 431 g/mol. The molecule has 1 N–H and O–H groups in total. The van der Waals surface area contributed by atoms with Crippen LogP contribution in [0.3, 0.4) is 0 Å². The Balaban J connectivity index is 2.02. The van der Waals surface area contributed by atoms with E-state index in [-0.39, 0.29) is 48.5 Å². The van der Waals surface area contributed by atoms with E-state index in [4.69, 9.17) is 11.6 Å². The Morgan fingerprint density at radius 3 is 2.45 bits per heavy atom. The summed E-state index contributed by atoms with van der Waals surface area (Å²) in [5, 5.41) is 9.80. The summed E-state index contributed by atoms with van der Waals surface area (Å²) in [5.41, 5.74) is -0.994. The molecule has 2 aliphatic rings. The zero-order valence-corrected chi connectivity index (χ0v) is 18.4. The van der Waals surface area contributed by atoms with E-state index >= 15 is 0 Å². The number of esters is 1. The van der Waals surface area contributed by atoms with Crippen molar-refractivity contribution in [3.8, 4) is 5.75 Å². The highest BCUT2D eigenvalue weighted by Crippen LogP contribution is 2.36. The van der Waals surface area contributed by atoms with Crippen LogP contribution in [0, 0.1) is 5.92 Å². The number of carbonyl (C=O) groups is 3. The summed E-state index contributed by atoms with van der Waals surface area (Å²) in [5.74, 6) is -2.90. The second kappa shape index (κ2) is 8.98. The van der Waals surface area contributed by atoms with Crippen molar-refractivity contribution < 1.29 is 28.6 Å². The predicted octanol–water partition coefficient (Wildman–Crippen LogP) is 2.58. The minimum Gasteiger partial charge on any atom is -0.502 e. The van der Waals surface area contributed by atoms with Crippen LogP contribution < -0.4 is 5.56 Å². The predicted molar refractivity (Wildman–Crippen MR) is 110 cm³/mol. The number of nitrogens with zero attached hydrogens (tertiary/aromatic N) is 2. The Bertz CT molecular complexity index is 976. The van der Waals surface area contributed by atoms with E-state index in [9.17, 15) is 28.7 Å². The average Bonchev–Trinajstić information content (AvgIpc) is 2.96. The van der Waals surface area contributed by atoms with Crippen molar-refractivity contribution in [2.75, 3.05) is 13.7 Å². The summed E-state index contributed by atoms with van der Waals surface area (Å²) in [7, 11) is 1.23. The van der Waals surface area contributed by atoms with E-state index in [1.165, 1.54) is 11.7 Å². The summed E-state index contributed by atoms with van der Waals surface area (Å²) >= 11 is 6.03. The molecule has 31 heavy (non-hydrogen) atoms. The van der Waals surface area contributed by atoms with Gasteiger partial charge in [-0.05, 0) is 45.4 Å². The number of ether oxygens (including phenoxy) is 1. The number of alkyl halides is 2. The Morgan fingerprint density at radius 2 is 1.87 bits per heavy atom. The molecule has 0 bridgehead atoms. The maximum atomic E-state index is 13.7. The van der Waals surface area contributed by atoms with Gasteiger partial charge in [-0.25, -0.2) is 4.39 Å². The molecule has 0 spiro atoms. The lowest BCUT2D eigenvalue weighted by atomic mass is 9.87. The number of halogens is 2. The molecule has 170 valence electrons. The number of pyridine rings is 1. The fourth-order valence-corrected chi connectivity index (χ4v) is 4.77. The molecule has 0 saturated heterocycles. The molecule has 1 aliphatic carbocycles. The van der Waals surface area contributed by atoms with Gasteiger partial charge in [-0.3, -0.25) is 24.1 Å². The van der Waals surface area contributed by atoms with E-state index in [1.54, 1.807) is 13.8 Å². The largest absolute Gasteiger partial charge is 0.502 e. The van der Waals surface area contributed by atoms with Crippen LogP contribution in [0.15, 0.2) is 4.79 Å². The fraction of sp³-hybridized carbons (Fsp3) is 0.619. The summed E-state index contributed by atoms with van der Waals surface area (Å²) in [6, 6.07) is -0.426. The van der Waals surface area contributed by atoms with Crippen LogP contribution in [0.4, 0.5) is 4.39 Å². The van der Waals surface area contributed by atoms with Gasteiger partial charge >= 0.3 is 5.97 Å². The average molecular weight is 457 g/mol. The van der Waals surface area contributed by atoms with Gasteiger partial charge in [-0.2, -0.15) is 0 Å². The summed E-state index contributed by atoms with van der Waals surface area (Å²) < 4.78 is 19.6. The fourth-order valence-electron chi connectivity index (χ4n) is 4.39. The van der Waals surface area contributed by atoms with E-state index in [2.05, 4.69) is 4.74 Å². The van der Waals surface area contributed by atoms with Crippen molar-refractivity contribution >= 4 is 29.4 Å². The number of carbonyl (C=O) groups excluding carboxylic acids is 3. The van der Waals surface area contributed by atoms with Crippen LogP contribution in [0.5, 0.6) is 5.75 Å². The Morgan fingerprint density at radius 1 is 1.23 bits per heavy atom. The Kier molecular flexibility index (Phi) is 6.73. The molecule has 2 amide bonds. The molecule has 1 aromatic heterocycles. The topological polar surface area (TPSA) is 106 Å². The highest BCUT2D eigenvalue weighted by molar-refractivity contribution is 6.23. The second-order valence-electron chi connectivity index (χ2n) is 8.32. The van der Waals surface area contributed by atoms with Gasteiger partial charge in [-0.1, -0.05) is 0 Å². The third-order valence-corrected chi connectivity index (χ3v) is 6.41. The first-order valence-corrected chi connectivity index (χ1v) is 10.7. The molecular formula is C21H26ClFN2O6. The summed E-state index contributed by atoms with van der Waals surface area (Å²) in [4.78, 5) is 51.7. The number of fused-ring (bicyclic) bond motifs is 1. The molecule has 3 rings (SSSR count). The first-order valence-electron chi connectivity index (χ1n) is 10.3. The Labute approximate surface area is 183 Å². The highest BCUT2D eigenvalue weighted by atomic mass is 35.5. The lowest BCUT2D eigenvalue weighted by Crippen LogP contribution is -2.38. The third kappa shape index (κ3) is 4.20. The second-order valence-corrected chi connectivity index (χ2v) is 8.88. The van der Waals surface area contributed by atoms with Crippen molar-refractivity contribution in [1.82, 2.24) is 9.47 Å². The SMILES string of the molecule is COC(=O)CCc1c2c(c(O)c(=O)n1C(C)C)C(=O)N(CC1CCC(F)C(Cl)C1)C2=O. The molecule has 2 heterocycles. The molecule has 3 atom stereocenters. The van der Waals surface area contributed by atoms with Gasteiger partial charge in [0.2, 0.25) is 0 Å². The smallest absolute Gasteiger partial charge is 0.305 e.